The zero-order chi connectivity index (χ0) is 24.9. The molecule has 3 N–H and O–H groups in total. The van der Waals surface area contributed by atoms with Gasteiger partial charge >= 0.3 is 0 Å². The Labute approximate surface area is 212 Å². The zero-order valence-electron chi connectivity index (χ0n) is 19.4. The number of H-pyrrole nitrogens is 1. The van der Waals surface area contributed by atoms with Crippen molar-refractivity contribution in [2.75, 3.05) is 17.7 Å². The summed E-state index contributed by atoms with van der Waals surface area (Å²) < 4.78 is 11.3. The number of fused-ring (bicyclic) bond motifs is 3. The van der Waals surface area contributed by atoms with Gasteiger partial charge in [-0.15, -0.1) is 0 Å². The molecule has 1 spiro atoms. The van der Waals surface area contributed by atoms with E-state index in [1.54, 1.807) is 37.7 Å². The number of amides is 1. The molecule has 36 heavy (non-hydrogen) atoms. The van der Waals surface area contributed by atoms with Crippen molar-refractivity contribution in [2.24, 2.45) is 0 Å². The first kappa shape index (κ1) is 22.6. The number of nitrogens with zero attached hydrogens (tertiary/aromatic N) is 1. The number of hydrogen-bond acceptors (Lipinski definition) is 6. The first-order valence-electron chi connectivity index (χ1n) is 11.7. The molecule has 1 aliphatic carbocycles. The van der Waals surface area contributed by atoms with Crippen LogP contribution < -0.4 is 15.4 Å². The van der Waals surface area contributed by atoms with Gasteiger partial charge in [-0.25, -0.2) is 4.98 Å². The summed E-state index contributed by atoms with van der Waals surface area (Å²) >= 11 is 6.54. The summed E-state index contributed by atoms with van der Waals surface area (Å²) in [5, 5.41) is 7.32. The summed E-state index contributed by atoms with van der Waals surface area (Å²) in [7, 11) is 1.66. The topological polar surface area (TPSA) is 105 Å². The SMILES string of the molecule is CO[C@@H]1CC[C@]2(C1)Nc1c(cnc3[nH]cc(C(=O)c4ccc(Oc5ccccc5)cc4Cl)c13)NC2=O. The predicted octanol–water partition coefficient (Wildman–Crippen LogP) is 5.54. The fourth-order valence-electron chi connectivity index (χ4n) is 5.07. The number of rotatable bonds is 5. The molecule has 1 fully saturated rings. The van der Waals surface area contributed by atoms with Crippen LogP contribution in [0, 0.1) is 0 Å². The van der Waals surface area contributed by atoms with Crippen LogP contribution in [0.3, 0.4) is 0 Å². The predicted molar refractivity (Wildman–Crippen MR) is 137 cm³/mol. The van der Waals surface area contributed by atoms with Crippen LogP contribution in [0.5, 0.6) is 11.5 Å². The maximum Gasteiger partial charge on any atom is 0.250 e. The number of aromatic nitrogens is 2. The van der Waals surface area contributed by atoms with E-state index >= 15 is 0 Å². The van der Waals surface area contributed by atoms with Crippen LogP contribution in [0.15, 0.2) is 60.9 Å². The molecule has 182 valence electrons. The highest BCUT2D eigenvalue weighted by molar-refractivity contribution is 6.36. The number of benzene rings is 2. The lowest BCUT2D eigenvalue weighted by Gasteiger charge is -2.36. The molecule has 1 aliphatic heterocycles. The maximum atomic E-state index is 13.7. The number of hydrogen-bond donors (Lipinski definition) is 3. The number of carbonyl (C=O) groups excluding carboxylic acids is 2. The Morgan fingerprint density at radius 1 is 1.14 bits per heavy atom. The Morgan fingerprint density at radius 2 is 1.97 bits per heavy atom. The largest absolute Gasteiger partial charge is 0.457 e. The maximum absolute atomic E-state index is 13.7. The zero-order valence-corrected chi connectivity index (χ0v) is 20.2. The van der Waals surface area contributed by atoms with E-state index in [0.717, 1.165) is 6.42 Å². The number of aromatic amines is 1. The van der Waals surface area contributed by atoms with Crippen LogP contribution in [0.2, 0.25) is 5.02 Å². The van der Waals surface area contributed by atoms with Crippen molar-refractivity contribution in [2.45, 2.75) is 30.9 Å². The molecule has 0 saturated heterocycles. The van der Waals surface area contributed by atoms with Gasteiger partial charge in [-0.05, 0) is 37.1 Å². The van der Waals surface area contributed by atoms with E-state index in [1.165, 1.54) is 0 Å². The van der Waals surface area contributed by atoms with Gasteiger partial charge in [0, 0.05) is 31.4 Å². The number of para-hydroxylation sites is 1. The van der Waals surface area contributed by atoms with E-state index in [2.05, 4.69) is 20.6 Å². The van der Waals surface area contributed by atoms with Crippen molar-refractivity contribution >= 4 is 45.7 Å². The number of halogens is 1. The van der Waals surface area contributed by atoms with E-state index in [4.69, 9.17) is 21.1 Å². The van der Waals surface area contributed by atoms with Gasteiger partial charge in [-0.1, -0.05) is 29.8 Å². The normalized spacial score (nSPS) is 20.7. The van der Waals surface area contributed by atoms with Gasteiger partial charge in [-0.2, -0.15) is 0 Å². The Hall–Kier alpha value is -3.88. The molecule has 0 radical (unpaired) electrons. The third-order valence-corrected chi connectivity index (χ3v) is 7.27. The van der Waals surface area contributed by atoms with E-state index in [0.29, 0.717) is 57.9 Å². The van der Waals surface area contributed by atoms with Crippen molar-refractivity contribution in [1.82, 2.24) is 9.97 Å². The Balaban J connectivity index is 1.36. The average molecular weight is 503 g/mol. The van der Waals surface area contributed by atoms with Crippen LogP contribution in [0.1, 0.15) is 35.2 Å². The monoisotopic (exact) mass is 502 g/mol. The number of carbonyl (C=O) groups is 2. The smallest absolute Gasteiger partial charge is 0.250 e. The molecule has 0 bridgehead atoms. The summed E-state index contributed by atoms with van der Waals surface area (Å²) in [4.78, 5) is 34.2. The Kier molecular flexibility index (Phi) is 5.43. The molecule has 1 amide bonds. The number of ether oxygens (including phenoxy) is 2. The lowest BCUT2D eigenvalue weighted by molar-refractivity contribution is -0.120. The molecule has 2 atom stereocenters. The van der Waals surface area contributed by atoms with Crippen molar-refractivity contribution < 1.29 is 19.1 Å². The second kappa shape index (κ2) is 8.65. The van der Waals surface area contributed by atoms with Gasteiger partial charge < -0.3 is 25.1 Å². The molecule has 4 aromatic rings. The third-order valence-electron chi connectivity index (χ3n) is 6.96. The molecular weight excluding hydrogens is 480 g/mol. The first-order chi connectivity index (χ1) is 17.5. The summed E-state index contributed by atoms with van der Waals surface area (Å²) in [6.45, 7) is 0. The molecular formula is C27H23ClN4O4. The van der Waals surface area contributed by atoms with Crippen molar-refractivity contribution in [3.05, 3.63) is 77.1 Å². The highest BCUT2D eigenvalue weighted by atomic mass is 35.5. The number of pyridine rings is 1. The second-order valence-electron chi connectivity index (χ2n) is 9.12. The van der Waals surface area contributed by atoms with Crippen LogP contribution in [-0.2, 0) is 9.53 Å². The molecule has 2 aromatic heterocycles. The highest BCUT2D eigenvalue weighted by Crippen LogP contribution is 2.44. The molecule has 8 nitrogen and oxygen atoms in total. The van der Waals surface area contributed by atoms with Crippen molar-refractivity contribution in [3.8, 4) is 11.5 Å². The summed E-state index contributed by atoms with van der Waals surface area (Å²) in [6, 6.07) is 14.3. The number of nitrogens with one attached hydrogen (secondary N) is 3. The molecule has 2 aliphatic rings. The van der Waals surface area contributed by atoms with E-state index in [9.17, 15) is 9.59 Å². The molecule has 3 heterocycles. The number of ketones is 1. The fraction of sp³-hybridized carbons (Fsp3) is 0.222. The number of anilines is 2. The lowest BCUT2D eigenvalue weighted by atomic mass is 9.92. The Morgan fingerprint density at radius 3 is 2.72 bits per heavy atom. The third kappa shape index (κ3) is 3.70. The van der Waals surface area contributed by atoms with Crippen molar-refractivity contribution in [3.63, 3.8) is 0 Å². The molecule has 9 heteroatoms. The minimum atomic E-state index is -0.798. The van der Waals surface area contributed by atoms with Crippen LogP contribution in [0.4, 0.5) is 11.4 Å². The van der Waals surface area contributed by atoms with Gasteiger partial charge in [0.05, 0.1) is 39.6 Å². The van der Waals surface area contributed by atoms with Crippen LogP contribution in [0.25, 0.3) is 11.0 Å². The van der Waals surface area contributed by atoms with Gasteiger partial charge in [-0.3, -0.25) is 9.59 Å². The minimum absolute atomic E-state index is 0.00937. The minimum Gasteiger partial charge on any atom is -0.457 e. The summed E-state index contributed by atoms with van der Waals surface area (Å²) in [5.74, 6) is 0.824. The molecule has 1 saturated carbocycles. The van der Waals surface area contributed by atoms with Gasteiger partial charge in [0.2, 0.25) is 5.91 Å². The second-order valence-corrected chi connectivity index (χ2v) is 9.53. The van der Waals surface area contributed by atoms with E-state index in [1.807, 2.05) is 30.3 Å². The van der Waals surface area contributed by atoms with Crippen molar-refractivity contribution in [1.29, 1.82) is 0 Å². The standard InChI is InChI=1S/C27H23ClN4O4/c1-35-17-9-10-27(12-17)26(34)31-21-14-30-25-22(23(21)32-27)19(13-29-25)24(33)18-8-7-16(11-20(18)28)36-15-5-3-2-4-6-15/h2-8,11,13-14,17,32H,9-10,12H2,1H3,(H,29,30)(H,31,34)/t17-,27-/m1/s1. The Bertz CT molecular complexity index is 1500. The number of methoxy groups -OCH3 is 1. The lowest BCUT2D eigenvalue weighted by Crippen LogP contribution is -2.51. The van der Waals surface area contributed by atoms with Crippen LogP contribution in [-0.4, -0.2) is 40.4 Å². The molecule has 2 aromatic carbocycles. The van der Waals surface area contributed by atoms with Crippen LogP contribution >= 0.6 is 11.6 Å². The van der Waals surface area contributed by atoms with Gasteiger partial charge in [0.1, 0.15) is 22.7 Å². The van der Waals surface area contributed by atoms with E-state index < -0.39 is 5.54 Å². The quantitative estimate of drug-likeness (QED) is 0.309. The van der Waals surface area contributed by atoms with Gasteiger partial charge in [0.25, 0.3) is 0 Å². The molecule has 0 unspecified atom stereocenters. The van der Waals surface area contributed by atoms with Gasteiger partial charge in [0.15, 0.2) is 5.78 Å². The summed E-state index contributed by atoms with van der Waals surface area (Å²) in [5.41, 5.74) is 1.69. The highest BCUT2D eigenvalue weighted by Gasteiger charge is 2.48. The fourth-order valence-corrected chi connectivity index (χ4v) is 5.33. The average Bonchev–Trinajstić information content (AvgIpc) is 3.51. The first-order valence-corrected chi connectivity index (χ1v) is 12.0. The summed E-state index contributed by atoms with van der Waals surface area (Å²) in [6.07, 6.45) is 5.15. The van der Waals surface area contributed by atoms with E-state index in [-0.39, 0.29) is 22.8 Å². The molecule has 6 rings (SSSR count).